The molecule has 1 atom stereocenters. The van der Waals surface area contributed by atoms with Gasteiger partial charge in [0.25, 0.3) is 0 Å². The number of hydrogen-bond acceptors (Lipinski definition) is 1. The van der Waals surface area contributed by atoms with E-state index in [4.69, 9.17) is 0 Å². The van der Waals surface area contributed by atoms with E-state index in [-0.39, 0.29) is 0 Å². The minimum Gasteiger partial charge on any atom is -0.316 e. The summed E-state index contributed by atoms with van der Waals surface area (Å²) >= 11 is 0. The SMILES string of the molecule is CCC(CC)CC(CNCC(C)C)Cc1ccc(C)cc1. The van der Waals surface area contributed by atoms with E-state index in [0.717, 1.165) is 30.8 Å². The molecule has 1 rings (SSSR count). The summed E-state index contributed by atoms with van der Waals surface area (Å²) in [5.41, 5.74) is 2.84. The second kappa shape index (κ2) is 10.00. The summed E-state index contributed by atoms with van der Waals surface area (Å²) in [6.07, 6.45) is 5.18. The summed E-state index contributed by atoms with van der Waals surface area (Å²) in [6.45, 7) is 13.7. The Labute approximate surface area is 132 Å². The average Bonchev–Trinajstić information content (AvgIpc) is 2.46. The Kier molecular flexibility index (Phi) is 8.68. The van der Waals surface area contributed by atoms with E-state index in [1.54, 1.807) is 0 Å². The molecule has 0 aromatic heterocycles. The van der Waals surface area contributed by atoms with Gasteiger partial charge in [-0.25, -0.2) is 0 Å². The van der Waals surface area contributed by atoms with Crippen molar-refractivity contribution in [3.05, 3.63) is 35.4 Å². The molecule has 1 heteroatoms. The molecule has 1 nitrogen and oxygen atoms in total. The molecule has 0 amide bonds. The van der Waals surface area contributed by atoms with Crippen LogP contribution in [0.2, 0.25) is 0 Å². The zero-order valence-electron chi connectivity index (χ0n) is 14.8. The number of rotatable bonds is 10. The summed E-state index contributed by atoms with van der Waals surface area (Å²) in [5, 5.41) is 3.67. The normalized spacial score (nSPS) is 13.1. The molecule has 21 heavy (non-hydrogen) atoms. The Morgan fingerprint density at radius 2 is 1.52 bits per heavy atom. The molecular weight excluding hydrogens is 254 g/mol. The van der Waals surface area contributed by atoms with Crippen LogP contribution < -0.4 is 5.32 Å². The van der Waals surface area contributed by atoms with Crippen LogP contribution in [0.3, 0.4) is 0 Å². The van der Waals surface area contributed by atoms with E-state index in [9.17, 15) is 0 Å². The highest BCUT2D eigenvalue weighted by atomic mass is 14.9. The van der Waals surface area contributed by atoms with Gasteiger partial charge in [-0.1, -0.05) is 70.4 Å². The number of hydrogen-bond donors (Lipinski definition) is 1. The molecule has 0 radical (unpaired) electrons. The molecule has 0 aliphatic heterocycles. The third kappa shape index (κ3) is 7.66. The first kappa shape index (κ1) is 18.2. The summed E-state index contributed by atoms with van der Waals surface area (Å²) < 4.78 is 0. The quantitative estimate of drug-likeness (QED) is 0.622. The lowest BCUT2D eigenvalue weighted by atomic mass is 9.86. The fraction of sp³-hybridized carbons (Fsp3) is 0.700. The third-order valence-electron chi connectivity index (χ3n) is 4.45. The van der Waals surface area contributed by atoms with E-state index in [1.807, 2.05) is 0 Å². The molecule has 0 saturated carbocycles. The van der Waals surface area contributed by atoms with Crippen molar-refractivity contribution in [1.29, 1.82) is 0 Å². The predicted octanol–water partition coefficient (Wildman–Crippen LogP) is 5.23. The zero-order valence-corrected chi connectivity index (χ0v) is 14.8. The second-order valence-electron chi connectivity index (χ2n) is 7.03. The van der Waals surface area contributed by atoms with Crippen LogP contribution in [0.4, 0.5) is 0 Å². The van der Waals surface area contributed by atoms with Crippen molar-refractivity contribution in [2.75, 3.05) is 13.1 Å². The van der Waals surface area contributed by atoms with Crippen LogP contribution in [0.15, 0.2) is 24.3 Å². The van der Waals surface area contributed by atoms with Crippen LogP contribution in [0.1, 0.15) is 58.1 Å². The first-order valence-electron chi connectivity index (χ1n) is 8.81. The van der Waals surface area contributed by atoms with Crippen LogP contribution >= 0.6 is 0 Å². The first-order chi connectivity index (χ1) is 10.0. The molecule has 0 aliphatic rings. The molecule has 0 fully saturated rings. The van der Waals surface area contributed by atoms with Gasteiger partial charge in [0, 0.05) is 0 Å². The maximum absolute atomic E-state index is 3.67. The lowest BCUT2D eigenvalue weighted by Crippen LogP contribution is -2.28. The molecule has 0 spiro atoms. The fourth-order valence-corrected chi connectivity index (χ4v) is 2.97. The predicted molar refractivity (Wildman–Crippen MR) is 94.8 cm³/mol. The van der Waals surface area contributed by atoms with Gasteiger partial charge in [-0.05, 0) is 56.2 Å². The summed E-state index contributed by atoms with van der Waals surface area (Å²) in [5.74, 6) is 2.37. The largest absolute Gasteiger partial charge is 0.316 e. The Morgan fingerprint density at radius 3 is 2.05 bits per heavy atom. The molecule has 0 aliphatic carbocycles. The van der Waals surface area contributed by atoms with Gasteiger partial charge < -0.3 is 5.32 Å². The standard InChI is InChI=1S/C20H35N/c1-6-18(7-2)12-20(15-21-14-16(3)4)13-19-10-8-17(5)9-11-19/h8-11,16,18,20-21H,6-7,12-15H2,1-5H3. The van der Waals surface area contributed by atoms with E-state index in [0.29, 0.717) is 0 Å². The first-order valence-corrected chi connectivity index (χ1v) is 8.81. The number of nitrogens with one attached hydrogen (secondary N) is 1. The molecule has 120 valence electrons. The topological polar surface area (TPSA) is 12.0 Å². The van der Waals surface area contributed by atoms with Crippen molar-refractivity contribution < 1.29 is 0 Å². The van der Waals surface area contributed by atoms with Crippen LogP contribution in [0.25, 0.3) is 0 Å². The highest BCUT2D eigenvalue weighted by Gasteiger charge is 2.15. The summed E-state index contributed by atoms with van der Waals surface area (Å²) in [4.78, 5) is 0. The van der Waals surface area contributed by atoms with Crippen molar-refractivity contribution in [2.45, 2.75) is 60.3 Å². The van der Waals surface area contributed by atoms with E-state index < -0.39 is 0 Å². The van der Waals surface area contributed by atoms with E-state index in [2.05, 4.69) is 64.2 Å². The van der Waals surface area contributed by atoms with Gasteiger partial charge in [-0.15, -0.1) is 0 Å². The van der Waals surface area contributed by atoms with Crippen LogP contribution in [-0.2, 0) is 6.42 Å². The van der Waals surface area contributed by atoms with Gasteiger partial charge in [-0.2, -0.15) is 0 Å². The Balaban J connectivity index is 2.59. The number of aryl methyl sites for hydroxylation is 1. The van der Waals surface area contributed by atoms with Gasteiger partial charge in [0.15, 0.2) is 0 Å². The van der Waals surface area contributed by atoms with E-state index >= 15 is 0 Å². The highest BCUT2D eigenvalue weighted by Crippen LogP contribution is 2.22. The van der Waals surface area contributed by atoms with Crippen molar-refractivity contribution in [1.82, 2.24) is 5.32 Å². The summed E-state index contributed by atoms with van der Waals surface area (Å²) in [6, 6.07) is 9.09. The van der Waals surface area contributed by atoms with Crippen molar-refractivity contribution in [3.63, 3.8) is 0 Å². The smallest absolute Gasteiger partial charge is 0.00171 e. The molecule has 0 bridgehead atoms. The minimum absolute atomic E-state index is 0.734. The maximum Gasteiger partial charge on any atom is -0.00171 e. The molecule has 0 saturated heterocycles. The van der Waals surface area contributed by atoms with Gasteiger partial charge in [-0.3, -0.25) is 0 Å². The minimum atomic E-state index is 0.734. The molecule has 1 N–H and O–H groups in total. The Bertz CT molecular complexity index is 362. The van der Waals surface area contributed by atoms with Crippen molar-refractivity contribution >= 4 is 0 Å². The zero-order chi connectivity index (χ0) is 15.7. The van der Waals surface area contributed by atoms with Crippen LogP contribution in [0.5, 0.6) is 0 Å². The molecule has 1 aromatic rings. The highest BCUT2D eigenvalue weighted by molar-refractivity contribution is 5.21. The second-order valence-corrected chi connectivity index (χ2v) is 7.03. The lowest BCUT2D eigenvalue weighted by Gasteiger charge is -2.23. The van der Waals surface area contributed by atoms with E-state index in [1.165, 1.54) is 36.8 Å². The van der Waals surface area contributed by atoms with Gasteiger partial charge in [0.1, 0.15) is 0 Å². The van der Waals surface area contributed by atoms with Gasteiger partial charge >= 0.3 is 0 Å². The maximum atomic E-state index is 3.67. The Morgan fingerprint density at radius 1 is 0.905 bits per heavy atom. The van der Waals surface area contributed by atoms with Crippen molar-refractivity contribution in [3.8, 4) is 0 Å². The molecule has 0 heterocycles. The average molecular weight is 290 g/mol. The Hall–Kier alpha value is -0.820. The van der Waals surface area contributed by atoms with Crippen LogP contribution in [-0.4, -0.2) is 13.1 Å². The molecular formula is C20H35N. The van der Waals surface area contributed by atoms with Crippen molar-refractivity contribution in [2.24, 2.45) is 17.8 Å². The lowest BCUT2D eigenvalue weighted by molar-refractivity contribution is 0.333. The summed E-state index contributed by atoms with van der Waals surface area (Å²) in [7, 11) is 0. The van der Waals surface area contributed by atoms with Gasteiger partial charge in [0.05, 0.1) is 0 Å². The monoisotopic (exact) mass is 289 g/mol. The van der Waals surface area contributed by atoms with Crippen LogP contribution in [0, 0.1) is 24.7 Å². The number of benzene rings is 1. The molecule has 1 aromatic carbocycles. The molecule has 1 unspecified atom stereocenters. The van der Waals surface area contributed by atoms with Gasteiger partial charge in [0.2, 0.25) is 0 Å². The fourth-order valence-electron chi connectivity index (χ4n) is 2.97. The third-order valence-corrected chi connectivity index (χ3v) is 4.45.